The van der Waals surface area contributed by atoms with E-state index >= 15 is 0 Å². The van der Waals surface area contributed by atoms with E-state index in [0.717, 1.165) is 48.0 Å². The highest BCUT2D eigenvalue weighted by Crippen LogP contribution is 2.29. The highest BCUT2D eigenvalue weighted by Gasteiger charge is 2.31. The molecule has 0 bridgehead atoms. The molecule has 6 rings (SSSR count). The Hall–Kier alpha value is -7.75. The summed E-state index contributed by atoms with van der Waals surface area (Å²) in [5.74, 6) is -6.52. The van der Waals surface area contributed by atoms with Gasteiger partial charge < -0.3 is 49.8 Å². The van der Waals surface area contributed by atoms with E-state index < -0.39 is 47.3 Å². The van der Waals surface area contributed by atoms with Gasteiger partial charge in [-0.1, -0.05) is 12.1 Å². The molecule has 61 heavy (non-hydrogen) atoms. The van der Waals surface area contributed by atoms with Crippen molar-refractivity contribution in [3.8, 4) is 17.4 Å². The number of carboxylic acids is 5. The van der Waals surface area contributed by atoms with Crippen molar-refractivity contribution in [2.45, 2.75) is 12.7 Å². The molecule has 0 saturated carbocycles. The molecule has 0 atom stereocenters. The van der Waals surface area contributed by atoms with E-state index in [4.69, 9.17) is 54.2 Å². The molecule has 0 unspecified atom stereocenters. The number of pyridine rings is 2. The molecule has 0 aliphatic carbocycles. The molecule has 324 valence electrons. The first-order valence-electron chi connectivity index (χ1n) is 17.5. The van der Waals surface area contributed by atoms with Crippen LogP contribution in [0.4, 0.5) is 18.9 Å². The van der Waals surface area contributed by atoms with Crippen molar-refractivity contribution < 1.29 is 76.9 Å². The molecule has 1 saturated heterocycles. The number of carbonyl (C=O) groups excluding carboxylic acids is 1. The fraction of sp³-hybridized carbons (Fsp3) is 0.231. The number of nitrogens with one attached hydrogen (secondary N) is 1. The number of rotatable bonds is 8. The minimum Gasteiger partial charge on any atom is -0.497 e. The number of aryl methyl sites for hydroxylation is 1. The molecule has 2 aromatic carbocycles. The van der Waals surface area contributed by atoms with E-state index in [0.29, 0.717) is 42.7 Å². The van der Waals surface area contributed by atoms with E-state index in [1.165, 1.54) is 5.56 Å². The zero-order chi connectivity index (χ0) is 45.4. The fourth-order valence-corrected chi connectivity index (χ4v) is 5.25. The van der Waals surface area contributed by atoms with E-state index in [1.807, 2.05) is 72.1 Å². The van der Waals surface area contributed by atoms with Crippen LogP contribution in [0.3, 0.4) is 0 Å². The first kappa shape index (κ1) is 47.6. The highest BCUT2D eigenvalue weighted by molar-refractivity contribution is 6.27. The minimum absolute atomic E-state index is 0.0598. The van der Waals surface area contributed by atoms with Crippen molar-refractivity contribution in [1.82, 2.24) is 24.3 Å². The Morgan fingerprint density at radius 1 is 0.738 bits per heavy atom. The van der Waals surface area contributed by atoms with Gasteiger partial charge in [0.2, 0.25) is 5.88 Å². The molecular formula is C39H39F3N6O13. The maximum Gasteiger partial charge on any atom is 0.417 e. The zero-order valence-electron chi connectivity index (χ0n) is 32.5. The predicted molar refractivity (Wildman–Crippen MR) is 208 cm³/mol. The standard InChI is InChI=1S/C28H31N5O3.C7H4F3NO2.2C2H2O4/c1-29-22-6-11-27(30-18-22)36-24-9-10-25-21(16-24)17-26(31(25)2)28(34)33-14-12-32(13-15-33)19-20-4-7-23(35-3)8-5-20;8-7(9,10)4-1-2-5(6(12)13)11-3-4;2*3-1(4)2(5)6/h4-11,16-18,29H,12-15,19H2,1-3H3;1-3H,(H,12,13);2*(H,3,4)(H,5,6). The molecule has 0 radical (unpaired) electrons. The maximum absolute atomic E-state index is 13.4. The second kappa shape index (κ2) is 21.9. The summed E-state index contributed by atoms with van der Waals surface area (Å²) < 4.78 is 48.9. The first-order valence-corrected chi connectivity index (χ1v) is 17.5. The molecule has 5 aromatic rings. The summed E-state index contributed by atoms with van der Waals surface area (Å²) in [6.45, 7) is 3.98. The maximum atomic E-state index is 13.4. The van der Waals surface area contributed by atoms with Crippen LogP contribution >= 0.6 is 0 Å². The van der Waals surface area contributed by atoms with Crippen LogP contribution in [-0.2, 0) is 38.9 Å². The number of halogens is 3. The smallest absolute Gasteiger partial charge is 0.417 e. The molecule has 0 spiro atoms. The number of ether oxygens (including phenoxy) is 2. The Kier molecular flexibility index (Phi) is 17.1. The van der Waals surface area contributed by atoms with Gasteiger partial charge in [-0.3, -0.25) is 9.69 Å². The van der Waals surface area contributed by atoms with Gasteiger partial charge >= 0.3 is 36.0 Å². The Labute approximate surface area is 343 Å². The largest absolute Gasteiger partial charge is 0.497 e. The summed E-state index contributed by atoms with van der Waals surface area (Å²) in [6.07, 6.45) is -2.27. The van der Waals surface area contributed by atoms with Crippen molar-refractivity contribution in [2.24, 2.45) is 7.05 Å². The van der Waals surface area contributed by atoms with E-state index in [2.05, 4.69) is 32.3 Å². The van der Waals surface area contributed by atoms with Crippen molar-refractivity contribution in [3.05, 3.63) is 108 Å². The average Bonchev–Trinajstić information content (AvgIpc) is 3.56. The van der Waals surface area contributed by atoms with Crippen LogP contribution in [0.5, 0.6) is 17.4 Å². The van der Waals surface area contributed by atoms with Gasteiger partial charge in [-0.2, -0.15) is 13.2 Å². The summed E-state index contributed by atoms with van der Waals surface area (Å²) in [5, 5.41) is 41.9. The number of benzene rings is 2. The number of amides is 1. The highest BCUT2D eigenvalue weighted by atomic mass is 19.4. The lowest BCUT2D eigenvalue weighted by Gasteiger charge is -2.34. The number of nitrogens with zero attached hydrogens (tertiary/aromatic N) is 5. The van der Waals surface area contributed by atoms with Crippen LogP contribution < -0.4 is 14.8 Å². The third-order valence-corrected chi connectivity index (χ3v) is 8.38. The molecule has 19 nitrogen and oxygen atoms in total. The third kappa shape index (κ3) is 14.5. The fourth-order valence-electron chi connectivity index (χ4n) is 5.25. The minimum atomic E-state index is -4.48. The van der Waals surface area contributed by atoms with Gasteiger partial charge in [-0.25, -0.2) is 33.9 Å². The van der Waals surface area contributed by atoms with Crippen molar-refractivity contribution >= 4 is 52.3 Å². The van der Waals surface area contributed by atoms with Crippen LogP contribution in [0, 0.1) is 0 Å². The zero-order valence-corrected chi connectivity index (χ0v) is 32.5. The van der Waals surface area contributed by atoms with Crippen LogP contribution in [0.25, 0.3) is 10.9 Å². The predicted octanol–water partition coefficient (Wildman–Crippen LogP) is 4.48. The summed E-state index contributed by atoms with van der Waals surface area (Å²) >= 11 is 0. The van der Waals surface area contributed by atoms with Gasteiger partial charge in [0.1, 0.15) is 22.9 Å². The Morgan fingerprint density at radius 3 is 1.79 bits per heavy atom. The second-order valence-corrected chi connectivity index (χ2v) is 12.4. The van der Waals surface area contributed by atoms with E-state index in [1.54, 1.807) is 13.3 Å². The normalized spacial score (nSPS) is 12.2. The quantitative estimate of drug-likeness (QED) is 0.117. The van der Waals surface area contributed by atoms with Crippen LogP contribution in [-0.4, -0.2) is 126 Å². The number of anilines is 1. The molecule has 1 fully saturated rings. The first-order chi connectivity index (χ1) is 28.7. The van der Waals surface area contributed by atoms with Gasteiger partial charge in [0.05, 0.1) is 24.6 Å². The summed E-state index contributed by atoms with van der Waals surface area (Å²) in [6, 6.07) is 21.2. The Balaban J connectivity index is 0.000000323. The molecule has 1 amide bonds. The number of hydrogen-bond acceptors (Lipinski definition) is 12. The lowest BCUT2D eigenvalue weighted by atomic mass is 10.2. The number of carbonyl (C=O) groups is 6. The number of aliphatic carboxylic acids is 4. The molecule has 4 heterocycles. The van der Waals surface area contributed by atoms with Gasteiger partial charge in [-0.15, -0.1) is 0 Å². The van der Waals surface area contributed by atoms with Gasteiger partial charge in [0.25, 0.3) is 5.91 Å². The topological polar surface area (TPSA) is 271 Å². The van der Waals surface area contributed by atoms with Crippen molar-refractivity contribution in [2.75, 3.05) is 45.7 Å². The summed E-state index contributed by atoms with van der Waals surface area (Å²) in [5.41, 5.74) is 2.47. The molecular weight excluding hydrogens is 817 g/mol. The van der Waals surface area contributed by atoms with Crippen LogP contribution in [0.15, 0.2) is 85.2 Å². The Bertz CT molecular complexity index is 2260. The molecule has 1 aliphatic heterocycles. The molecule has 6 N–H and O–H groups in total. The molecule has 3 aromatic heterocycles. The number of aromatic carboxylic acids is 1. The number of hydrogen-bond donors (Lipinski definition) is 6. The second-order valence-electron chi connectivity index (χ2n) is 12.4. The van der Waals surface area contributed by atoms with Gasteiger partial charge in [0.15, 0.2) is 0 Å². The summed E-state index contributed by atoms with van der Waals surface area (Å²) in [4.78, 5) is 71.8. The van der Waals surface area contributed by atoms with E-state index in [-0.39, 0.29) is 5.91 Å². The van der Waals surface area contributed by atoms with Crippen molar-refractivity contribution in [3.63, 3.8) is 0 Å². The number of alkyl halides is 3. The van der Waals surface area contributed by atoms with Crippen LogP contribution in [0.2, 0.25) is 0 Å². The van der Waals surface area contributed by atoms with E-state index in [9.17, 15) is 22.8 Å². The number of fused-ring (bicyclic) bond motifs is 1. The summed E-state index contributed by atoms with van der Waals surface area (Å²) in [7, 11) is 5.46. The lowest BCUT2D eigenvalue weighted by molar-refractivity contribution is -0.159. The SMILES string of the molecule is CNc1ccc(Oc2ccc3c(c2)cc(C(=O)N2CCN(Cc4ccc(OC)cc4)CC2)n3C)nc1.O=C(O)C(=O)O.O=C(O)C(=O)O.O=C(O)c1ccc(C(F)(F)F)cn1. The number of aromatic nitrogens is 3. The lowest BCUT2D eigenvalue weighted by Crippen LogP contribution is -2.48. The molecule has 22 heteroatoms. The van der Waals surface area contributed by atoms with Crippen LogP contribution in [0.1, 0.15) is 32.1 Å². The number of methoxy groups -OCH3 is 1. The van der Waals surface area contributed by atoms with Gasteiger partial charge in [-0.05, 0) is 60.2 Å². The third-order valence-electron chi connectivity index (χ3n) is 8.38. The Morgan fingerprint density at radius 2 is 1.33 bits per heavy atom. The molecule has 1 aliphatic rings. The van der Waals surface area contributed by atoms with Gasteiger partial charge in [0, 0.05) is 70.0 Å². The number of carboxylic acid groups (broad SMARTS) is 5. The monoisotopic (exact) mass is 856 g/mol. The average molecular weight is 857 g/mol. The number of piperazine rings is 1. The van der Waals surface area contributed by atoms with Crippen molar-refractivity contribution in [1.29, 1.82) is 0 Å².